The zero-order chi connectivity index (χ0) is 14.1. The maximum Gasteiger partial charge on any atom is 0.236 e. The minimum absolute atomic E-state index is 0. The number of ether oxygens (including phenoxy) is 1. The molecule has 0 radical (unpaired) electrons. The Morgan fingerprint density at radius 1 is 1.35 bits per heavy atom. The smallest absolute Gasteiger partial charge is 0.236 e. The summed E-state index contributed by atoms with van der Waals surface area (Å²) in [5.41, 5.74) is 6.92. The SMILES string of the molecule is CCCC(N)C(=O)NCCCOc1ccc(C)cc1.Cl. The molecule has 114 valence electrons. The summed E-state index contributed by atoms with van der Waals surface area (Å²) in [6, 6.07) is 7.54. The Kier molecular flexibility index (Phi) is 9.86. The highest BCUT2D eigenvalue weighted by Gasteiger charge is 2.10. The van der Waals surface area contributed by atoms with Gasteiger partial charge in [-0.2, -0.15) is 0 Å². The number of carbonyl (C=O) groups excluding carboxylic acids is 1. The van der Waals surface area contributed by atoms with E-state index >= 15 is 0 Å². The van der Waals surface area contributed by atoms with Crippen LogP contribution in [0.5, 0.6) is 5.75 Å². The van der Waals surface area contributed by atoms with Crippen LogP contribution in [0.1, 0.15) is 31.7 Å². The van der Waals surface area contributed by atoms with Crippen molar-refractivity contribution < 1.29 is 9.53 Å². The molecule has 1 unspecified atom stereocenters. The van der Waals surface area contributed by atoms with Crippen molar-refractivity contribution in [1.82, 2.24) is 5.32 Å². The summed E-state index contributed by atoms with van der Waals surface area (Å²) in [4.78, 5) is 11.5. The molecule has 1 aromatic carbocycles. The minimum Gasteiger partial charge on any atom is -0.494 e. The van der Waals surface area contributed by atoms with Crippen LogP contribution in [0.15, 0.2) is 24.3 Å². The van der Waals surface area contributed by atoms with Crippen molar-refractivity contribution in [2.75, 3.05) is 13.2 Å². The lowest BCUT2D eigenvalue weighted by atomic mass is 10.2. The largest absolute Gasteiger partial charge is 0.494 e. The summed E-state index contributed by atoms with van der Waals surface area (Å²) in [5.74, 6) is 0.789. The molecule has 1 rings (SSSR count). The third-order valence-electron chi connectivity index (χ3n) is 2.85. The normalized spacial score (nSPS) is 11.3. The fourth-order valence-electron chi connectivity index (χ4n) is 1.68. The first-order valence-corrected chi connectivity index (χ1v) is 6.86. The molecule has 4 nitrogen and oxygen atoms in total. The van der Waals surface area contributed by atoms with Gasteiger partial charge in [-0.15, -0.1) is 12.4 Å². The van der Waals surface area contributed by atoms with E-state index in [1.807, 2.05) is 38.1 Å². The highest BCUT2D eigenvalue weighted by molar-refractivity contribution is 5.85. The molecule has 0 aromatic heterocycles. The van der Waals surface area contributed by atoms with Gasteiger partial charge in [-0.25, -0.2) is 0 Å². The second-order valence-electron chi connectivity index (χ2n) is 4.70. The van der Waals surface area contributed by atoms with Crippen LogP contribution in [0.2, 0.25) is 0 Å². The molecule has 5 heteroatoms. The second kappa shape index (κ2) is 10.5. The van der Waals surface area contributed by atoms with Crippen LogP contribution in [-0.2, 0) is 4.79 Å². The van der Waals surface area contributed by atoms with Gasteiger partial charge in [-0.05, 0) is 31.9 Å². The predicted molar refractivity (Wildman–Crippen MR) is 84.4 cm³/mol. The van der Waals surface area contributed by atoms with Crippen molar-refractivity contribution in [2.24, 2.45) is 5.73 Å². The van der Waals surface area contributed by atoms with Crippen molar-refractivity contribution >= 4 is 18.3 Å². The molecule has 0 aliphatic rings. The standard InChI is InChI=1S/C15H24N2O2.ClH/c1-3-5-14(16)15(18)17-10-4-11-19-13-8-6-12(2)7-9-13;/h6-9,14H,3-5,10-11,16H2,1-2H3,(H,17,18);1H. The topological polar surface area (TPSA) is 64.4 Å². The molecule has 3 N–H and O–H groups in total. The monoisotopic (exact) mass is 300 g/mol. The molecular weight excluding hydrogens is 276 g/mol. The van der Waals surface area contributed by atoms with Crippen LogP contribution < -0.4 is 15.8 Å². The van der Waals surface area contributed by atoms with Crippen LogP contribution >= 0.6 is 12.4 Å². The van der Waals surface area contributed by atoms with Crippen molar-refractivity contribution in [3.63, 3.8) is 0 Å². The molecule has 0 aliphatic carbocycles. The van der Waals surface area contributed by atoms with Crippen LogP contribution in [0.3, 0.4) is 0 Å². The Morgan fingerprint density at radius 2 is 2.00 bits per heavy atom. The number of hydrogen-bond donors (Lipinski definition) is 2. The molecular formula is C15H25ClN2O2. The van der Waals surface area contributed by atoms with Gasteiger partial charge in [0.05, 0.1) is 12.6 Å². The molecule has 0 aliphatic heterocycles. The number of rotatable bonds is 8. The van der Waals surface area contributed by atoms with Crippen LogP contribution in [0.4, 0.5) is 0 Å². The highest BCUT2D eigenvalue weighted by Crippen LogP contribution is 2.11. The van der Waals surface area contributed by atoms with E-state index in [1.54, 1.807) is 0 Å². The summed E-state index contributed by atoms with van der Waals surface area (Å²) in [7, 11) is 0. The average Bonchev–Trinajstić information content (AvgIpc) is 2.40. The lowest BCUT2D eigenvalue weighted by Gasteiger charge is -2.11. The number of amides is 1. The fraction of sp³-hybridized carbons (Fsp3) is 0.533. The van der Waals surface area contributed by atoms with Gasteiger partial charge in [0.2, 0.25) is 5.91 Å². The van der Waals surface area contributed by atoms with Crippen molar-refractivity contribution in [2.45, 2.75) is 39.2 Å². The third kappa shape index (κ3) is 7.36. The maximum atomic E-state index is 11.5. The van der Waals surface area contributed by atoms with Gasteiger partial charge in [0.25, 0.3) is 0 Å². The number of nitrogens with two attached hydrogens (primary N) is 1. The molecule has 0 saturated carbocycles. The van der Waals surface area contributed by atoms with Crippen molar-refractivity contribution in [3.05, 3.63) is 29.8 Å². The minimum atomic E-state index is -0.386. The lowest BCUT2D eigenvalue weighted by Crippen LogP contribution is -2.41. The Morgan fingerprint density at radius 3 is 2.60 bits per heavy atom. The van der Waals surface area contributed by atoms with Crippen molar-refractivity contribution in [3.8, 4) is 5.75 Å². The summed E-state index contributed by atoms with van der Waals surface area (Å²) in [6.07, 6.45) is 2.43. The molecule has 0 bridgehead atoms. The molecule has 0 saturated heterocycles. The molecule has 0 fully saturated rings. The van der Waals surface area contributed by atoms with E-state index in [4.69, 9.17) is 10.5 Å². The quantitative estimate of drug-likeness (QED) is 0.725. The summed E-state index contributed by atoms with van der Waals surface area (Å²) < 4.78 is 5.57. The zero-order valence-electron chi connectivity index (χ0n) is 12.2. The average molecular weight is 301 g/mol. The number of aryl methyl sites for hydroxylation is 1. The first-order valence-electron chi connectivity index (χ1n) is 6.86. The van der Waals surface area contributed by atoms with E-state index in [-0.39, 0.29) is 24.4 Å². The van der Waals surface area contributed by atoms with E-state index in [1.165, 1.54) is 5.56 Å². The molecule has 1 aromatic rings. The van der Waals surface area contributed by atoms with Gasteiger partial charge in [0, 0.05) is 6.54 Å². The van der Waals surface area contributed by atoms with Gasteiger partial charge in [0.15, 0.2) is 0 Å². The number of halogens is 1. The Balaban J connectivity index is 0.00000361. The van der Waals surface area contributed by atoms with Gasteiger partial charge < -0.3 is 15.8 Å². The van der Waals surface area contributed by atoms with Crippen LogP contribution in [0.25, 0.3) is 0 Å². The van der Waals surface area contributed by atoms with E-state index in [0.717, 1.165) is 25.0 Å². The molecule has 20 heavy (non-hydrogen) atoms. The Bertz CT molecular complexity index is 382. The summed E-state index contributed by atoms with van der Waals surface area (Å²) in [5, 5.41) is 2.82. The van der Waals surface area contributed by atoms with E-state index in [2.05, 4.69) is 5.32 Å². The summed E-state index contributed by atoms with van der Waals surface area (Å²) >= 11 is 0. The lowest BCUT2D eigenvalue weighted by molar-refractivity contribution is -0.122. The molecule has 1 atom stereocenters. The second-order valence-corrected chi connectivity index (χ2v) is 4.70. The molecule has 0 spiro atoms. The summed E-state index contributed by atoms with van der Waals surface area (Å²) in [6.45, 7) is 5.25. The van der Waals surface area contributed by atoms with Gasteiger partial charge >= 0.3 is 0 Å². The zero-order valence-corrected chi connectivity index (χ0v) is 13.0. The van der Waals surface area contributed by atoms with Crippen molar-refractivity contribution in [1.29, 1.82) is 0 Å². The van der Waals surface area contributed by atoms with Gasteiger partial charge in [-0.3, -0.25) is 4.79 Å². The Labute approximate surface area is 127 Å². The van der Waals surface area contributed by atoms with E-state index in [9.17, 15) is 4.79 Å². The Hall–Kier alpha value is -1.26. The predicted octanol–water partition coefficient (Wildman–Crippen LogP) is 2.43. The first-order chi connectivity index (χ1) is 9.13. The maximum absolute atomic E-state index is 11.5. The number of carbonyl (C=O) groups is 1. The third-order valence-corrected chi connectivity index (χ3v) is 2.85. The number of hydrogen-bond acceptors (Lipinski definition) is 3. The van der Waals surface area contributed by atoms with Gasteiger partial charge in [0.1, 0.15) is 5.75 Å². The van der Waals surface area contributed by atoms with Crippen LogP contribution in [0, 0.1) is 6.92 Å². The molecule has 1 amide bonds. The van der Waals surface area contributed by atoms with Gasteiger partial charge in [-0.1, -0.05) is 31.0 Å². The first kappa shape index (κ1) is 18.7. The number of nitrogens with one attached hydrogen (secondary N) is 1. The van der Waals surface area contributed by atoms with Crippen LogP contribution in [-0.4, -0.2) is 25.1 Å². The van der Waals surface area contributed by atoms with E-state index in [0.29, 0.717) is 13.2 Å². The molecule has 0 heterocycles. The number of benzene rings is 1. The highest BCUT2D eigenvalue weighted by atomic mass is 35.5. The fourth-order valence-corrected chi connectivity index (χ4v) is 1.68. The van der Waals surface area contributed by atoms with E-state index < -0.39 is 0 Å².